The molecule has 3 N–H and O–H groups in total. The lowest BCUT2D eigenvalue weighted by Crippen LogP contribution is -2.07. The number of hydrogen-bond donors (Lipinski definition) is 2. The number of nitrogens with one attached hydrogen (secondary N) is 1. The number of nitrogens with two attached hydrogens (primary N) is 1. The van der Waals surface area contributed by atoms with E-state index in [0.29, 0.717) is 29.9 Å². The zero-order valence-electron chi connectivity index (χ0n) is 10.1. The number of hydrogen-bond acceptors (Lipinski definition) is 5. The lowest BCUT2D eigenvalue weighted by atomic mass is 10.1. The maximum Gasteiger partial charge on any atom is 0.315 e. The number of aromatic nitrogens is 2. The summed E-state index contributed by atoms with van der Waals surface area (Å²) in [4.78, 5) is 0. The highest BCUT2D eigenvalue weighted by Gasteiger charge is 2.12. The number of anilines is 1. The molecule has 0 amide bonds. The first-order valence-corrected chi connectivity index (χ1v) is 6.12. The summed E-state index contributed by atoms with van der Waals surface area (Å²) in [5, 5.41) is 11.6. The first kappa shape index (κ1) is 12.9. The topological polar surface area (TPSA) is 77.0 Å². The van der Waals surface area contributed by atoms with E-state index in [1.807, 2.05) is 31.2 Å². The van der Waals surface area contributed by atoms with Crippen molar-refractivity contribution < 1.29 is 4.42 Å². The average Bonchev–Trinajstić information content (AvgIpc) is 2.77. The normalized spacial score (nSPS) is 12.4. The van der Waals surface area contributed by atoms with E-state index in [0.717, 1.165) is 5.56 Å². The van der Waals surface area contributed by atoms with Crippen LogP contribution in [0, 0.1) is 0 Å². The molecule has 0 saturated carbocycles. The lowest BCUT2D eigenvalue weighted by molar-refractivity contribution is 0.502. The van der Waals surface area contributed by atoms with E-state index in [1.54, 1.807) is 0 Å². The molecule has 0 aliphatic carbocycles. The third-order valence-electron chi connectivity index (χ3n) is 2.54. The molecule has 1 aromatic carbocycles. The minimum absolute atomic E-state index is 0.00937. The molecule has 1 heterocycles. The van der Waals surface area contributed by atoms with Gasteiger partial charge in [-0.15, -0.1) is 5.10 Å². The van der Waals surface area contributed by atoms with Gasteiger partial charge in [0, 0.05) is 18.0 Å². The molecule has 18 heavy (non-hydrogen) atoms. The molecule has 2 aromatic rings. The van der Waals surface area contributed by atoms with Crippen molar-refractivity contribution in [1.29, 1.82) is 0 Å². The van der Waals surface area contributed by atoms with Gasteiger partial charge in [0.2, 0.25) is 5.89 Å². The molecule has 96 valence electrons. The first-order chi connectivity index (χ1) is 8.70. The zero-order valence-corrected chi connectivity index (χ0v) is 10.8. The van der Waals surface area contributed by atoms with Crippen LogP contribution in [0.5, 0.6) is 0 Å². The Balaban J connectivity index is 2.06. The van der Waals surface area contributed by atoms with Crippen LogP contribution >= 0.6 is 11.6 Å². The third kappa shape index (κ3) is 3.00. The number of halogens is 1. The predicted molar refractivity (Wildman–Crippen MR) is 70.5 cm³/mol. The summed E-state index contributed by atoms with van der Waals surface area (Å²) < 4.78 is 5.40. The highest BCUT2D eigenvalue weighted by Crippen LogP contribution is 2.25. The third-order valence-corrected chi connectivity index (χ3v) is 2.88. The standard InChI is InChI=1S/C12H15ClN4O/c1-8(9-4-2-3-5-10(9)13)15-12-17-16-11(18-12)6-7-14/h2-5,8H,6-7,14H2,1H3,(H,15,17). The van der Waals surface area contributed by atoms with E-state index >= 15 is 0 Å². The van der Waals surface area contributed by atoms with Crippen molar-refractivity contribution in [3.63, 3.8) is 0 Å². The van der Waals surface area contributed by atoms with E-state index in [9.17, 15) is 0 Å². The molecule has 0 aliphatic heterocycles. The fourth-order valence-electron chi connectivity index (χ4n) is 1.63. The molecule has 0 fully saturated rings. The molecular weight excluding hydrogens is 252 g/mol. The van der Waals surface area contributed by atoms with E-state index in [-0.39, 0.29) is 6.04 Å². The summed E-state index contributed by atoms with van der Waals surface area (Å²) in [6.45, 7) is 2.47. The van der Waals surface area contributed by atoms with Crippen LogP contribution in [-0.2, 0) is 6.42 Å². The predicted octanol–water partition coefficient (Wildman–Crippen LogP) is 2.40. The Kier molecular flexibility index (Phi) is 4.17. The summed E-state index contributed by atoms with van der Waals surface area (Å²) >= 11 is 6.12. The van der Waals surface area contributed by atoms with Crippen LogP contribution in [0.1, 0.15) is 24.4 Å². The Bertz CT molecular complexity index is 514. The van der Waals surface area contributed by atoms with Gasteiger partial charge >= 0.3 is 6.01 Å². The van der Waals surface area contributed by atoms with E-state index < -0.39 is 0 Å². The second kappa shape index (κ2) is 5.84. The van der Waals surface area contributed by atoms with Crippen LogP contribution in [-0.4, -0.2) is 16.7 Å². The Morgan fingerprint density at radius 1 is 1.39 bits per heavy atom. The van der Waals surface area contributed by atoms with Crippen LogP contribution < -0.4 is 11.1 Å². The lowest BCUT2D eigenvalue weighted by Gasteiger charge is -2.13. The van der Waals surface area contributed by atoms with Crippen molar-refractivity contribution in [2.24, 2.45) is 5.73 Å². The van der Waals surface area contributed by atoms with Crippen LogP contribution in [0.25, 0.3) is 0 Å². The van der Waals surface area contributed by atoms with Gasteiger partial charge < -0.3 is 15.5 Å². The van der Waals surface area contributed by atoms with Crippen LogP contribution in [0.4, 0.5) is 6.01 Å². The van der Waals surface area contributed by atoms with Gasteiger partial charge in [0.1, 0.15) is 0 Å². The summed E-state index contributed by atoms with van der Waals surface area (Å²) in [7, 11) is 0. The molecule has 1 aromatic heterocycles. The minimum Gasteiger partial charge on any atom is -0.408 e. The fourth-order valence-corrected chi connectivity index (χ4v) is 1.93. The molecule has 0 saturated heterocycles. The molecule has 0 aliphatic rings. The smallest absolute Gasteiger partial charge is 0.315 e. The quantitative estimate of drug-likeness (QED) is 0.869. The van der Waals surface area contributed by atoms with Gasteiger partial charge in [0.25, 0.3) is 0 Å². The van der Waals surface area contributed by atoms with Crippen molar-refractivity contribution in [2.75, 3.05) is 11.9 Å². The van der Waals surface area contributed by atoms with Gasteiger partial charge in [-0.1, -0.05) is 34.9 Å². The summed E-state index contributed by atoms with van der Waals surface area (Å²) in [5.41, 5.74) is 6.40. The Morgan fingerprint density at radius 3 is 2.89 bits per heavy atom. The summed E-state index contributed by atoms with van der Waals surface area (Å²) in [6, 6.07) is 8.01. The van der Waals surface area contributed by atoms with Crippen LogP contribution in [0.15, 0.2) is 28.7 Å². The van der Waals surface area contributed by atoms with Gasteiger partial charge in [0.15, 0.2) is 0 Å². The van der Waals surface area contributed by atoms with Crippen LogP contribution in [0.3, 0.4) is 0 Å². The number of nitrogens with zero attached hydrogens (tertiary/aromatic N) is 2. The van der Waals surface area contributed by atoms with Crippen molar-refractivity contribution in [2.45, 2.75) is 19.4 Å². The largest absolute Gasteiger partial charge is 0.408 e. The van der Waals surface area contributed by atoms with Gasteiger partial charge in [-0.2, -0.15) is 0 Å². The second-order valence-electron chi connectivity index (χ2n) is 3.93. The molecule has 0 radical (unpaired) electrons. The van der Waals surface area contributed by atoms with Gasteiger partial charge in [0.05, 0.1) is 6.04 Å². The Labute approximate surface area is 110 Å². The molecule has 1 atom stereocenters. The fraction of sp³-hybridized carbons (Fsp3) is 0.333. The maximum absolute atomic E-state index is 6.12. The molecule has 1 unspecified atom stereocenters. The minimum atomic E-state index is -0.00937. The Morgan fingerprint density at radius 2 is 2.17 bits per heavy atom. The van der Waals surface area contributed by atoms with E-state index in [4.69, 9.17) is 21.8 Å². The summed E-state index contributed by atoms with van der Waals surface area (Å²) in [6.07, 6.45) is 0.579. The number of rotatable bonds is 5. The molecule has 0 bridgehead atoms. The van der Waals surface area contributed by atoms with Gasteiger partial charge in [-0.05, 0) is 18.6 Å². The van der Waals surface area contributed by atoms with Crippen molar-refractivity contribution >= 4 is 17.6 Å². The number of benzene rings is 1. The van der Waals surface area contributed by atoms with Crippen LogP contribution in [0.2, 0.25) is 5.02 Å². The van der Waals surface area contributed by atoms with Crippen molar-refractivity contribution in [1.82, 2.24) is 10.2 Å². The molecule has 6 heteroatoms. The van der Waals surface area contributed by atoms with E-state index in [2.05, 4.69) is 15.5 Å². The Hall–Kier alpha value is -1.59. The summed E-state index contributed by atoms with van der Waals surface area (Å²) in [5.74, 6) is 0.534. The maximum atomic E-state index is 6.12. The molecular formula is C12H15ClN4O. The molecule has 0 spiro atoms. The first-order valence-electron chi connectivity index (χ1n) is 5.74. The molecule has 2 rings (SSSR count). The van der Waals surface area contributed by atoms with E-state index in [1.165, 1.54) is 0 Å². The van der Waals surface area contributed by atoms with Gasteiger partial charge in [-0.25, -0.2) is 0 Å². The van der Waals surface area contributed by atoms with Crippen molar-refractivity contribution in [3.05, 3.63) is 40.7 Å². The zero-order chi connectivity index (χ0) is 13.0. The molecule has 5 nitrogen and oxygen atoms in total. The highest BCUT2D eigenvalue weighted by molar-refractivity contribution is 6.31. The highest BCUT2D eigenvalue weighted by atomic mass is 35.5. The van der Waals surface area contributed by atoms with Gasteiger partial charge in [-0.3, -0.25) is 0 Å². The van der Waals surface area contributed by atoms with Crippen molar-refractivity contribution in [3.8, 4) is 0 Å². The monoisotopic (exact) mass is 266 g/mol. The average molecular weight is 267 g/mol. The SMILES string of the molecule is CC(Nc1nnc(CCN)o1)c1ccccc1Cl. The second-order valence-corrected chi connectivity index (χ2v) is 4.33.